The number of hydrogen-bond donors (Lipinski definition) is 0. The molecule has 0 saturated heterocycles. The van der Waals surface area contributed by atoms with E-state index >= 15 is 0 Å². The lowest BCUT2D eigenvalue weighted by Crippen LogP contribution is -2.11. The van der Waals surface area contributed by atoms with E-state index in [-0.39, 0.29) is 5.41 Å². The molecule has 1 aromatic rings. The number of aryl methyl sites for hydroxylation is 2. The second kappa shape index (κ2) is 3.46. The molecule has 0 fully saturated rings. The quantitative estimate of drug-likeness (QED) is 0.537. The van der Waals surface area contributed by atoms with Gasteiger partial charge in [0.1, 0.15) is 0 Å². The molecule has 1 nitrogen and oxygen atoms in total. The minimum absolute atomic E-state index is 0.163. The third-order valence-corrected chi connectivity index (χ3v) is 2.47. The normalized spacial score (nSPS) is 11.1. The third-order valence-electron chi connectivity index (χ3n) is 2.47. The summed E-state index contributed by atoms with van der Waals surface area (Å²) in [4.78, 5) is 3.54. The second-order valence-electron chi connectivity index (χ2n) is 4.82. The molecule has 1 rings (SSSR count). The van der Waals surface area contributed by atoms with Crippen molar-refractivity contribution < 1.29 is 0 Å². The minimum Gasteiger partial charge on any atom is -0.238 e. The molecular formula is C13H17N. The molecular weight excluding hydrogens is 170 g/mol. The van der Waals surface area contributed by atoms with Crippen LogP contribution in [0.4, 0.5) is 5.69 Å². The van der Waals surface area contributed by atoms with Gasteiger partial charge in [-0.2, -0.15) is 0 Å². The summed E-state index contributed by atoms with van der Waals surface area (Å²) in [5.41, 5.74) is 4.45. The highest BCUT2D eigenvalue weighted by Crippen LogP contribution is 2.30. The summed E-state index contributed by atoms with van der Waals surface area (Å²) < 4.78 is 0. The first-order chi connectivity index (χ1) is 6.36. The van der Waals surface area contributed by atoms with Crippen LogP contribution < -0.4 is 0 Å². The molecule has 0 spiro atoms. The van der Waals surface area contributed by atoms with Gasteiger partial charge in [-0.15, -0.1) is 0 Å². The van der Waals surface area contributed by atoms with Gasteiger partial charge in [0, 0.05) is 0 Å². The lowest BCUT2D eigenvalue weighted by Gasteiger charge is -2.21. The van der Waals surface area contributed by atoms with Gasteiger partial charge in [-0.25, -0.2) is 4.85 Å². The van der Waals surface area contributed by atoms with Crippen LogP contribution in [0.2, 0.25) is 0 Å². The van der Waals surface area contributed by atoms with Crippen LogP contribution in [0.15, 0.2) is 12.1 Å². The van der Waals surface area contributed by atoms with Gasteiger partial charge in [-0.3, -0.25) is 0 Å². The van der Waals surface area contributed by atoms with Crippen molar-refractivity contribution in [1.82, 2.24) is 0 Å². The molecule has 0 amide bonds. The molecule has 0 N–H and O–H groups in total. The van der Waals surface area contributed by atoms with Crippen LogP contribution in [0, 0.1) is 20.4 Å². The molecule has 0 heterocycles. The molecule has 1 aromatic carbocycles. The summed E-state index contributed by atoms with van der Waals surface area (Å²) in [7, 11) is 0. The van der Waals surface area contributed by atoms with E-state index in [9.17, 15) is 0 Å². The Morgan fingerprint density at radius 3 is 1.79 bits per heavy atom. The van der Waals surface area contributed by atoms with E-state index in [0.29, 0.717) is 0 Å². The highest BCUT2D eigenvalue weighted by atomic mass is 14.7. The zero-order valence-electron chi connectivity index (χ0n) is 9.60. The predicted octanol–water partition coefficient (Wildman–Crippen LogP) is 4.15. The van der Waals surface area contributed by atoms with Crippen LogP contribution in [-0.4, -0.2) is 0 Å². The van der Waals surface area contributed by atoms with E-state index in [1.54, 1.807) is 0 Å². The van der Waals surface area contributed by atoms with Crippen molar-refractivity contribution >= 4 is 5.69 Å². The first-order valence-corrected chi connectivity index (χ1v) is 4.85. The van der Waals surface area contributed by atoms with Crippen molar-refractivity contribution in [3.05, 3.63) is 40.2 Å². The van der Waals surface area contributed by atoms with E-state index in [0.717, 1.165) is 16.8 Å². The number of rotatable bonds is 0. The standard InChI is InChI=1S/C13H17N/c1-9-7-11(13(3,4)5)8-10(2)12(9)14-6/h7-8H,1-5H3. The van der Waals surface area contributed by atoms with Crippen LogP contribution in [0.3, 0.4) is 0 Å². The molecule has 0 aliphatic rings. The van der Waals surface area contributed by atoms with Crippen LogP contribution in [0.1, 0.15) is 37.5 Å². The molecule has 0 bridgehead atoms. The van der Waals surface area contributed by atoms with Crippen LogP contribution in [0.5, 0.6) is 0 Å². The van der Waals surface area contributed by atoms with Gasteiger partial charge in [-0.05, 0) is 36.0 Å². The number of nitrogens with zero attached hydrogens (tertiary/aromatic N) is 1. The van der Waals surface area contributed by atoms with Gasteiger partial charge in [-0.1, -0.05) is 32.9 Å². The van der Waals surface area contributed by atoms with E-state index in [4.69, 9.17) is 6.57 Å². The lowest BCUT2D eigenvalue weighted by molar-refractivity contribution is 0.589. The Balaban J connectivity index is 3.37. The highest BCUT2D eigenvalue weighted by molar-refractivity contribution is 5.59. The Bertz CT molecular complexity index is 366. The molecule has 0 saturated carbocycles. The monoisotopic (exact) mass is 187 g/mol. The molecule has 0 aromatic heterocycles. The van der Waals surface area contributed by atoms with Crippen molar-refractivity contribution in [2.24, 2.45) is 0 Å². The molecule has 0 atom stereocenters. The van der Waals surface area contributed by atoms with Gasteiger partial charge in [0.15, 0.2) is 5.69 Å². The van der Waals surface area contributed by atoms with Crippen LogP contribution >= 0.6 is 0 Å². The van der Waals surface area contributed by atoms with Gasteiger partial charge in [0.2, 0.25) is 0 Å². The van der Waals surface area contributed by atoms with Gasteiger partial charge in [0.05, 0.1) is 6.57 Å². The molecule has 0 aliphatic heterocycles. The zero-order chi connectivity index (χ0) is 10.9. The van der Waals surface area contributed by atoms with Crippen molar-refractivity contribution in [3.8, 4) is 0 Å². The summed E-state index contributed by atoms with van der Waals surface area (Å²) in [6.45, 7) is 17.7. The smallest absolute Gasteiger partial charge is 0.193 e. The van der Waals surface area contributed by atoms with E-state index in [1.165, 1.54) is 5.56 Å². The highest BCUT2D eigenvalue weighted by Gasteiger charge is 2.15. The minimum atomic E-state index is 0.163. The predicted molar refractivity (Wildman–Crippen MR) is 60.9 cm³/mol. The second-order valence-corrected chi connectivity index (χ2v) is 4.82. The summed E-state index contributed by atoms with van der Waals surface area (Å²) in [6, 6.07) is 4.25. The topological polar surface area (TPSA) is 4.36 Å². The summed E-state index contributed by atoms with van der Waals surface area (Å²) in [6.07, 6.45) is 0. The van der Waals surface area contributed by atoms with Crippen molar-refractivity contribution in [2.75, 3.05) is 0 Å². The fraction of sp³-hybridized carbons (Fsp3) is 0.462. The van der Waals surface area contributed by atoms with Crippen LogP contribution in [0.25, 0.3) is 4.85 Å². The lowest BCUT2D eigenvalue weighted by atomic mass is 9.85. The zero-order valence-corrected chi connectivity index (χ0v) is 9.60. The Labute approximate surface area is 86.6 Å². The largest absolute Gasteiger partial charge is 0.238 e. The maximum atomic E-state index is 7.08. The maximum absolute atomic E-state index is 7.08. The van der Waals surface area contributed by atoms with E-state index in [1.807, 2.05) is 13.8 Å². The number of hydrogen-bond acceptors (Lipinski definition) is 0. The average Bonchev–Trinajstić information content (AvgIpc) is 2.01. The molecule has 0 unspecified atom stereocenters. The van der Waals surface area contributed by atoms with E-state index in [2.05, 4.69) is 37.7 Å². The van der Waals surface area contributed by atoms with Gasteiger partial charge >= 0.3 is 0 Å². The van der Waals surface area contributed by atoms with Crippen molar-refractivity contribution in [1.29, 1.82) is 0 Å². The molecule has 0 radical (unpaired) electrons. The Morgan fingerprint density at radius 2 is 1.50 bits per heavy atom. The Hall–Kier alpha value is -1.29. The van der Waals surface area contributed by atoms with Gasteiger partial charge < -0.3 is 0 Å². The number of benzene rings is 1. The summed E-state index contributed by atoms with van der Waals surface area (Å²) in [5.74, 6) is 0. The third kappa shape index (κ3) is 1.96. The molecule has 0 aliphatic carbocycles. The fourth-order valence-electron chi connectivity index (χ4n) is 1.57. The van der Waals surface area contributed by atoms with Crippen LogP contribution in [-0.2, 0) is 5.41 Å². The Kier molecular flexibility index (Phi) is 2.66. The van der Waals surface area contributed by atoms with Crippen molar-refractivity contribution in [3.63, 3.8) is 0 Å². The van der Waals surface area contributed by atoms with Crippen molar-refractivity contribution in [2.45, 2.75) is 40.0 Å². The molecule has 14 heavy (non-hydrogen) atoms. The first-order valence-electron chi connectivity index (χ1n) is 4.85. The fourth-order valence-corrected chi connectivity index (χ4v) is 1.57. The van der Waals surface area contributed by atoms with E-state index < -0.39 is 0 Å². The summed E-state index contributed by atoms with van der Waals surface area (Å²) in [5, 5.41) is 0. The Morgan fingerprint density at radius 1 is 1.07 bits per heavy atom. The molecule has 74 valence electrons. The average molecular weight is 187 g/mol. The summed E-state index contributed by atoms with van der Waals surface area (Å²) >= 11 is 0. The maximum Gasteiger partial charge on any atom is 0.193 e. The first kappa shape index (κ1) is 10.8. The molecule has 1 heteroatoms. The van der Waals surface area contributed by atoms with Gasteiger partial charge in [0.25, 0.3) is 0 Å². The SMILES string of the molecule is [C-]#[N+]c1c(C)cc(C(C)(C)C)cc1C.